The molecule has 1 heterocycles. The van der Waals surface area contributed by atoms with E-state index in [4.69, 9.17) is 23.2 Å². The van der Waals surface area contributed by atoms with Gasteiger partial charge in [0.1, 0.15) is 5.82 Å². The molecule has 30 heavy (non-hydrogen) atoms. The molecular formula is C22H21Cl2FN2O2S. The van der Waals surface area contributed by atoms with Crippen LogP contribution in [-0.4, -0.2) is 22.6 Å². The summed E-state index contributed by atoms with van der Waals surface area (Å²) in [6, 6.07) is 11.4. The lowest BCUT2D eigenvalue weighted by Crippen LogP contribution is -2.25. The van der Waals surface area contributed by atoms with E-state index in [0.29, 0.717) is 20.7 Å². The number of nitrogens with zero attached hydrogens (tertiary/aromatic N) is 1. The zero-order chi connectivity index (χ0) is 21.8. The highest BCUT2D eigenvalue weighted by molar-refractivity contribution is 7.16. The van der Waals surface area contributed by atoms with Crippen LogP contribution in [0.25, 0.3) is 11.3 Å². The molecule has 0 spiro atoms. The second-order valence-electron chi connectivity index (χ2n) is 7.27. The van der Waals surface area contributed by atoms with Crippen molar-refractivity contribution in [1.82, 2.24) is 4.98 Å². The summed E-state index contributed by atoms with van der Waals surface area (Å²) in [6.07, 6.45) is 0.224. The fourth-order valence-corrected chi connectivity index (χ4v) is 4.35. The minimum absolute atomic E-state index is 0.178. The lowest BCUT2D eigenvalue weighted by molar-refractivity contribution is -0.141. The van der Waals surface area contributed by atoms with Gasteiger partial charge in [0.25, 0.3) is 0 Å². The summed E-state index contributed by atoms with van der Waals surface area (Å²) >= 11 is 13.7. The number of hydrogen-bond donors (Lipinski definition) is 2. The predicted molar refractivity (Wildman–Crippen MR) is 121 cm³/mol. The van der Waals surface area contributed by atoms with Crippen molar-refractivity contribution in [2.24, 2.45) is 5.92 Å². The van der Waals surface area contributed by atoms with Crippen LogP contribution in [-0.2, 0) is 11.2 Å². The summed E-state index contributed by atoms with van der Waals surface area (Å²) in [4.78, 5) is 17.4. The first-order valence-corrected chi connectivity index (χ1v) is 11.0. The molecule has 8 heteroatoms. The van der Waals surface area contributed by atoms with Gasteiger partial charge in [-0.3, -0.25) is 4.79 Å². The van der Waals surface area contributed by atoms with E-state index in [0.717, 1.165) is 16.1 Å². The van der Waals surface area contributed by atoms with Gasteiger partial charge in [-0.25, -0.2) is 9.37 Å². The number of benzene rings is 2. The summed E-state index contributed by atoms with van der Waals surface area (Å²) < 4.78 is 13.4. The fraction of sp³-hybridized carbons (Fsp3) is 0.273. The Hall–Kier alpha value is -2.15. The number of rotatable bonds is 8. The zero-order valence-corrected chi connectivity index (χ0v) is 18.8. The van der Waals surface area contributed by atoms with Gasteiger partial charge < -0.3 is 10.4 Å². The van der Waals surface area contributed by atoms with Crippen molar-refractivity contribution in [2.45, 2.75) is 26.2 Å². The van der Waals surface area contributed by atoms with Gasteiger partial charge in [-0.2, -0.15) is 0 Å². The Morgan fingerprint density at radius 1 is 1.20 bits per heavy atom. The van der Waals surface area contributed by atoms with Crippen LogP contribution in [0.2, 0.25) is 10.0 Å². The number of carboxylic acids is 1. The number of halogens is 3. The molecule has 0 radical (unpaired) electrons. The van der Waals surface area contributed by atoms with E-state index in [1.54, 1.807) is 24.3 Å². The van der Waals surface area contributed by atoms with Gasteiger partial charge in [0.2, 0.25) is 0 Å². The molecule has 0 bridgehead atoms. The van der Waals surface area contributed by atoms with Gasteiger partial charge in [-0.1, -0.05) is 55.2 Å². The van der Waals surface area contributed by atoms with Crippen molar-refractivity contribution in [3.8, 4) is 11.3 Å². The molecule has 2 N–H and O–H groups in total. The highest BCUT2D eigenvalue weighted by Gasteiger charge is 2.21. The maximum Gasteiger partial charge on any atom is 0.308 e. The molecule has 4 nitrogen and oxygen atoms in total. The summed E-state index contributed by atoms with van der Waals surface area (Å²) in [5, 5.41) is 14.3. The Bertz CT molecular complexity index is 1060. The number of hydrogen-bond acceptors (Lipinski definition) is 4. The van der Waals surface area contributed by atoms with E-state index in [9.17, 15) is 14.3 Å². The molecule has 0 saturated carbocycles. The van der Waals surface area contributed by atoms with Gasteiger partial charge >= 0.3 is 5.97 Å². The summed E-state index contributed by atoms with van der Waals surface area (Å²) in [6.45, 7) is 4.32. The number of carbonyl (C=O) groups is 1. The third-order valence-corrected chi connectivity index (χ3v) is 6.64. The largest absolute Gasteiger partial charge is 0.481 e. The molecule has 0 fully saturated rings. The van der Waals surface area contributed by atoms with Crippen LogP contribution >= 0.6 is 34.5 Å². The van der Waals surface area contributed by atoms with E-state index < -0.39 is 11.9 Å². The number of thiazole rings is 1. The highest BCUT2D eigenvalue weighted by atomic mass is 35.5. The summed E-state index contributed by atoms with van der Waals surface area (Å²) in [5.74, 6) is -1.81. The van der Waals surface area contributed by atoms with Crippen LogP contribution in [0.4, 0.5) is 9.52 Å². The number of carboxylic acid groups (broad SMARTS) is 1. The second-order valence-corrected chi connectivity index (χ2v) is 9.11. The van der Waals surface area contributed by atoms with Crippen LogP contribution in [0, 0.1) is 11.7 Å². The maximum absolute atomic E-state index is 13.4. The van der Waals surface area contributed by atoms with Crippen molar-refractivity contribution in [3.63, 3.8) is 0 Å². The van der Waals surface area contributed by atoms with Crippen LogP contribution in [0.3, 0.4) is 0 Å². The average molecular weight is 467 g/mol. The topological polar surface area (TPSA) is 62.2 Å². The molecule has 0 amide bonds. The van der Waals surface area contributed by atoms with Crippen molar-refractivity contribution < 1.29 is 14.3 Å². The van der Waals surface area contributed by atoms with Crippen molar-refractivity contribution in [1.29, 1.82) is 0 Å². The first kappa shape index (κ1) is 22.5. The lowest BCUT2D eigenvalue weighted by atomic mass is 9.99. The second kappa shape index (κ2) is 9.77. The molecule has 1 aromatic heterocycles. The van der Waals surface area contributed by atoms with Gasteiger partial charge in [0, 0.05) is 17.0 Å². The Labute approximate surface area is 188 Å². The molecule has 1 unspecified atom stereocenters. The van der Waals surface area contributed by atoms with Crippen LogP contribution in [0.15, 0.2) is 42.5 Å². The third-order valence-electron chi connectivity index (χ3n) is 4.59. The Kier molecular flexibility index (Phi) is 7.34. The van der Waals surface area contributed by atoms with Gasteiger partial charge in [0.05, 0.1) is 21.7 Å². The Morgan fingerprint density at radius 2 is 1.97 bits per heavy atom. The van der Waals surface area contributed by atoms with E-state index in [1.165, 1.54) is 23.5 Å². The minimum atomic E-state index is -0.947. The SMILES string of the molecule is CC(C)c1sc(NCC(Cc2cccc(F)c2)C(=O)O)nc1-c1ccc(Cl)c(Cl)c1. The molecule has 3 rings (SSSR count). The molecule has 0 aliphatic heterocycles. The normalized spacial score (nSPS) is 12.2. The van der Waals surface area contributed by atoms with E-state index in [-0.39, 0.29) is 24.7 Å². The molecule has 0 aliphatic rings. The zero-order valence-electron chi connectivity index (χ0n) is 16.5. The summed E-state index contributed by atoms with van der Waals surface area (Å²) in [5.41, 5.74) is 2.29. The van der Waals surface area contributed by atoms with Crippen molar-refractivity contribution in [3.05, 3.63) is 68.8 Å². The van der Waals surface area contributed by atoms with E-state index in [1.807, 2.05) is 6.07 Å². The first-order chi connectivity index (χ1) is 14.2. The van der Waals surface area contributed by atoms with Gasteiger partial charge in [0.15, 0.2) is 5.13 Å². The van der Waals surface area contributed by atoms with Gasteiger partial charge in [-0.15, -0.1) is 11.3 Å². The Balaban J connectivity index is 1.80. The summed E-state index contributed by atoms with van der Waals surface area (Å²) in [7, 11) is 0. The monoisotopic (exact) mass is 466 g/mol. The molecule has 0 aliphatic carbocycles. The fourth-order valence-electron chi connectivity index (χ4n) is 3.05. The minimum Gasteiger partial charge on any atom is -0.481 e. The van der Waals surface area contributed by atoms with Gasteiger partial charge in [-0.05, 0) is 42.2 Å². The average Bonchev–Trinajstić information content (AvgIpc) is 3.12. The number of nitrogens with one attached hydrogen (secondary N) is 1. The van der Waals surface area contributed by atoms with E-state index in [2.05, 4.69) is 24.1 Å². The maximum atomic E-state index is 13.4. The molecule has 2 aromatic carbocycles. The van der Waals surface area contributed by atoms with Crippen molar-refractivity contribution >= 4 is 45.6 Å². The predicted octanol–water partition coefficient (Wildman–Crippen LogP) is 6.73. The first-order valence-electron chi connectivity index (χ1n) is 9.42. The number of anilines is 1. The van der Waals surface area contributed by atoms with Crippen molar-refractivity contribution in [2.75, 3.05) is 11.9 Å². The van der Waals surface area contributed by atoms with Crippen LogP contribution < -0.4 is 5.32 Å². The Morgan fingerprint density at radius 3 is 2.60 bits per heavy atom. The quantitative estimate of drug-likeness (QED) is 0.385. The standard InChI is InChI=1S/C22H21Cl2FN2O2S/c1-12(2)20-19(14-6-7-17(23)18(24)10-14)27-22(30-20)26-11-15(21(28)29)8-13-4-3-5-16(25)9-13/h3-7,9-10,12,15H,8,11H2,1-2H3,(H,26,27)(H,28,29). The molecule has 3 aromatic rings. The highest BCUT2D eigenvalue weighted by Crippen LogP contribution is 2.38. The molecule has 0 saturated heterocycles. The van der Waals surface area contributed by atoms with Crippen LogP contribution in [0.1, 0.15) is 30.2 Å². The number of aliphatic carboxylic acids is 1. The molecular weight excluding hydrogens is 446 g/mol. The van der Waals surface area contributed by atoms with E-state index >= 15 is 0 Å². The smallest absolute Gasteiger partial charge is 0.308 e. The molecule has 1 atom stereocenters. The third kappa shape index (κ3) is 5.50. The lowest BCUT2D eigenvalue weighted by Gasteiger charge is -2.13. The molecule has 158 valence electrons. The number of aromatic nitrogens is 1. The van der Waals surface area contributed by atoms with Crippen LogP contribution in [0.5, 0.6) is 0 Å².